The fraction of sp³-hybridized carbons (Fsp3) is 0.333. The van der Waals surface area contributed by atoms with E-state index in [-0.39, 0.29) is 34.4 Å². The number of carbonyl (C=O) groups excluding carboxylic acids is 2. The molecular weight excluding hydrogens is 621 g/mol. The van der Waals surface area contributed by atoms with Crippen LogP contribution in [0.4, 0.5) is 5.69 Å². The van der Waals surface area contributed by atoms with Gasteiger partial charge < -0.3 is 15.0 Å². The van der Waals surface area contributed by atoms with Crippen LogP contribution in [-0.4, -0.2) is 56.6 Å². The van der Waals surface area contributed by atoms with E-state index in [0.29, 0.717) is 10.6 Å². The van der Waals surface area contributed by atoms with Crippen molar-refractivity contribution < 1.29 is 22.7 Å². The van der Waals surface area contributed by atoms with Crippen LogP contribution in [0, 0.1) is 0 Å². The summed E-state index contributed by atoms with van der Waals surface area (Å²) in [5.74, 6) is -0.815. The first-order chi connectivity index (χ1) is 19.6. The first-order valence-corrected chi connectivity index (χ1v) is 16.0. The van der Waals surface area contributed by atoms with E-state index in [9.17, 15) is 18.0 Å². The number of benzene rings is 3. The van der Waals surface area contributed by atoms with Crippen LogP contribution >= 0.6 is 34.8 Å². The van der Waals surface area contributed by atoms with Gasteiger partial charge in [-0.05, 0) is 62.2 Å². The molecule has 0 spiro atoms. The van der Waals surface area contributed by atoms with Gasteiger partial charge in [-0.15, -0.1) is 0 Å². The maximum Gasteiger partial charge on any atom is 0.244 e. The summed E-state index contributed by atoms with van der Waals surface area (Å²) in [4.78, 5) is 29.4. The number of halogens is 3. The van der Waals surface area contributed by atoms with Gasteiger partial charge in [0.2, 0.25) is 21.8 Å². The highest BCUT2D eigenvalue weighted by Gasteiger charge is 2.35. The van der Waals surface area contributed by atoms with E-state index in [4.69, 9.17) is 39.5 Å². The van der Waals surface area contributed by atoms with E-state index < -0.39 is 40.0 Å². The van der Waals surface area contributed by atoms with Crippen LogP contribution in [0.5, 0.6) is 5.75 Å². The first kappa shape index (κ1) is 33.5. The lowest BCUT2D eigenvalue weighted by molar-refractivity contribution is -0.140. The number of ether oxygens (including phenoxy) is 1. The molecule has 226 valence electrons. The standard InChI is InChI=1S/C30H34Cl3N3O5S/c1-30(2,3)34-29(38)26(16-20-9-7-6-8-10-20)35(18-21-11-13-23(32)24(33)15-21)28(37)19-36(42(5,39)40)25-17-22(31)12-14-27(25)41-4/h6-15,17,26H,16,18-19H2,1-5H3,(H,34,38)/t26-/m1/s1. The van der Waals surface area contributed by atoms with Crippen LogP contribution in [0.15, 0.2) is 66.7 Å². The van der Waals surface area contributed by atoms with E-state index in [2.05, 4.69) is 5.32 Å². The van der Waals surface area contributed by atoms with E-state index in [0.717, 1.165) is 16.1 Å². The molecule has 0 radical (unpaired) electrons. The molecule has 8 nitrogen and oxygen atoms in total. The molecule has 3 aromatic carbocycles. The van der Waals surface area contributed by atoms with Crippen molar-refractivity contribution in [3.8, 4) is 5.75 Å². The molecule has 2 amide bonds. The molecule has 0 aliphatic rings. The Morgan fingerprint density at radius 3 is 2.17 bits per heavy atom. The molecule has 1 atom stereocenters. The highest BCUT2D eigenvalue weighted by atomic mass is 35.5. The molecule has 3 rings (SSSR count). The number of hydrogen-bond acceptors (Lipinski definition) is 5. The fourth-order valence-electron chi connectivity index (χ4n) is 4.29. The Morgan fingerprint density at radius 1 is 0.929 bits per heavy atom. The summed E-state index contributed by atoms with van der Waals surface area (Å²) in [6, 6.07) is 17.6. The van der Waals surface area contributed by atoms with E-state index in [1.165, 1.54) is 24.1 Å². The zero-order chi connectivity index (χ0) is 31.2. The average Bonchev–Trinajstić information content (AvgIpc) is 2.90. The number of carbonyl (C=O) groups is 2. The highest BCUT2D eigenvalue weighted by Crippen LogP contribution is 2.33. The van der Waals surface area contributed by atoms with Gasteiger partial charge in [-0.3, -0.25) is 13.9 Å². The number of nitrogens with zero attached hydrogens (tertiary/aromatic N) is 2. The Morgan fingerprint density at radius 2 is 1.60 bits per heavy atom. The predicted octanol–water partition coefficient (Wildman–Crippen LogP) is 5.98. The van der Waals surface area contributed by atoms with Gasteiger partial charge in [-0.2, -0.15) is 0 Å². The predicted molar refractivity (Wildman–Crippen MR) is 169 cm³/mol. The van der Waals surface area contributed by atoms with Gasteiger partial charge in [0.15, 0.2) is 0 Å². The van der Waals surface area contributed by atoms with E-state index >= 15 is 0 Å². The lowest BCUT2D eigenvalue weighted by Crippen LogP contribution is -2.56. The van der Waals surface area contributed by atoms with Gasteiger partial charge >= 0.3 is 0 Å². The Kier molecular flexibility index (Phi) is 11.2. The molecule has 3 aromatic rings. The molecule has 0 unspecified atom stereocenters. The summed E-state index contributed by atoms with van der Waals surface area (Å²) in [5, 5.41) is 3.84. The van der Waals surface area contributed by atoms with Crippen LogP contribution < -0.4 is 14.4 Å². The minimum atomic E-state index is -4.01. The summed E-state index contributed by atoms with van der Waals surface area (Å²) in [6.07, 6.45) is 1.16. The van der Waals surface area contributed by atoms with Crippen molar-refractivity contribution >= 4 is 62.3 Å². The van der Waals surface area contributed by atoms with Crippen molar-refractivity contribution in [3.63, 3.8) is 0 Å². The third kappa shape index (κ3) is 9.26. The minimum Gasteiger partial charge on any atom is -0.495 e. The minimum absolute atomic E-state index is 0.0466. The second kappa shape index (κ2) is 14.0. The Hall–Kier alpha value is -2.98. The van der Waals surface area contributed by atoms with Gasteiger partial charge in [0.25, 0.3) is 0 Å². The Balaban J connectivity index is 2.14. The normalized spacial score (nSPS) is 12.4. The summed E-state index contributed by atoms with van der Waals surface area (Å²) in [5.41, 5.74) is 0.909. The van der Waals surface area contributed by atoms with Crippen LogP contribution in [0.25, 0.3) is 0 Å². The maximum atomic E-state index is 14.2. The van der Waals surface area contributed by atoms with Gasteiger partial charge in [-0.25, -0.2) is 8.42 Å². The Bertz CT molecular complexity index is 1530. The first-order valence-electron chi connectivity index (χ1n) is 13.0. The molecule has 0 aromatic heterocycles. The number of sulfonamides is 1. The molecule has 0 fully saturated rings. The average molecular weight is 655 g/mol. The molecule has 12 heteroatoms. The number of amides is 2. The lowest BCUT2D eigenvalue weighted by atomic mass is 10.0. The van der Waals surface area contributed by atoms with Gasteiger partial charge in [0.05, 0.1) is 29.1 Å². The number of rotatable bonds is 11. The zero-order valence-corrected chi connectivity index (χ0v) is 27.1. The number of hydrogen-bond donors (Lipinski definition) is 1. The molecule has 1 N–H and O–H groups in total. The lowest BCUT2D eigenvalue weighted by Gasteiger charge is -2.35. The van der Waals surface area contributed by atoms with Crippen molar-refractivity contribution in [2.45, 2.75) is 45.3 Å². The second-order valence-electron chi connectivity index (χ2n) is 10.8. The van der Waals surface area contributed by atoms with Gasteiger partial charge in [0.1, 0.15) is 18.3 Å². The van der Waals surface area contributed by atoms with Crippen LogP contribution in [0.3, 0.4) is 0 Å². The molecule has 0 saturated heterocycles. The largest absolute Gasteiger partial charge is 0.495 e. The highest BCUT2D eigenvalue weighted by molar-refractivity contribution is 7.92. The van der Waals surface area contributed by atoms with Crippen LogP contribution in [-0.2, 0) is 32.6 Å². The number of nitrogens with one attached hydrogen (secondary N) is 1. The number of methoxy groups -OCH3 is 1. The number of anilines is 1. The van der Waals surface area contributed by atoms with Crippen molar-refractivity contribution in [3.05, 3.63) is 92.9 Å². The van der Waals surface area contributed by atoms with Crippen LogP contribution in [0.2, 0.25) is 15.1 Å². The molecule has 0 aliphatic carbocycles. The molecule has 0 aliphatic heterocycles. The van der Waals surface area contributed by atoms with Gasteiger partial charge in [-0.1, -0.05) is 71.2 Å². The smallest absolute Gasteiger partial charge is 0.244 e. The quantitative estimate of drug-likeness (QED) is 0.275. The third-order valence-electron chi connectivity index (χ3n) is 6.20. The van der Waals surface area contributed by atoms with E-state index in [1.807, 2.05) is 51.1 Å². The van der Waals surface area contributed by atoms with Crippen molar-refractivity contribution in [2.24, 2.45) is 0 Å². The van der Waals surface area contributed by atoms with Gasteiger partial charge in [0, 0.05) is 23.5 Å². The topological polar surface area (TPSA) is 96.0 Å². The maximum absolute atomic E-state index is 14.2. The molecule has 42 heavy (non-hydrogen) atoms. The molecule has 0 saturated carbocycles. The summed E-state index contributed by atoms with van der Waals surface area (Å²) < 4.78 is 32.4. The molecule has 0 heterocycles. The van der Waals surface area contributed by atoms with Crippen LogP contribution in [0.1, 0.15) is 31.9 Å². The summed E-state index contributed by atoms with van der Waals surface area (Å²) in [7, 11) is -2.62. The Labute approximate surface area is 262 Å². The zero-order valence-electron chi connectivity index (χ0n) is 24.0. The molecule has 0 bridgehead atoms. The van der Waals surface area contributed by atoms with Crippen molar-refractivity contribution in [1.82, 2.24) is 10.2 Å². The van der Waals surface area contributed by atoms with Crippen molar-refractivity contribution in [1.29, 1.82) is 0 Å². The monoisotopic (exact) mass is 653 g/mol. The van der Waals surface area contributed by atoms with Crippen molar-refractivity contribution in [2.75, 3.05) is 24.2 Å². The fourth-order valence-corrected chi connectivity index (χ4v) is 5.63. The summed E-state index contributed by atoms with van der Waals surface area (Å²) in [6.45, 7) is 4.85. The second-order valence-corrected chi connectivity index (χ2v) is 14.0. The SMILES string of the molecule is COc1ccc(Cl)cc1N(CC(=O)N(Cc1ccc(Cl)c(Cl)c1)[C@H](Cc1ccccc1)C(=O)NC(C)(C)C)S(C)(=O)=O. The third-order valence-corrected chi connectivity index (χ3v) is 8.30. The molecular formula is C30H34Cl3N3O5S. The summed E-state index contributed by atoms with van der Waals surface area (Å²) >= 11 is 18.6. The van der Waals surface area contributed by atoms with E-state index in [1.54, 1.807) is 24.3 Å².